The van der Waals surface area contributed by atoms with E-state index in [0.717, 1.165) is 6.07 Å². The summed E-state index contributed by atoms with van der Waals surface area (Å²) in [7, 11) is 0. The highest BCUT2D eigenvalue weighted by Gasteiger charge is 2.34. The lowest BCUT2D eigenvalue weighted by Crippen LogP contribution is -2.10. The Balaban J connectivity index is 2.51. The van der Waals surface area contributed by atoms with Gasteiger partial charge in [-0.05, 0) is 31.2 Å². The second-order valence-corrected chi connectivity index (χ2v) is 3.97. The first kappa shape index (κ1) is 14.1. The first-order chi connectivity index (χ1) is 9.40. The van der Waals surface area contributed by atoms with E-state index in [-0.39, 0.29) is 18.3 Å². The second kappa shape index (κ2) is 5.36. The molecule has 1 aromatic heterocycles. The van der Waals surface area contributed by atoms with E-state index in [2.05, 4.69) is 9.97 Å². The summed E-state index contributed by atoms with van der Waals surface area (Å²) in [5.41, 5.74) is 5.44. The van der Waals surface area contributed by atoms with Crippen LogP contribution in [0, 0.1) is 0 Å². The van der Waals surface area contributed by atoms with E-state index in [9.17, 15) is 13.2 Å². The molecule has 2 N–H and O–H groups in total. The normalized spacial score (nSPS) is 11.4. The van der Waals surface area contributed by atoms with Crippen molar-refractivity contribution >= 4 is 5.69 Å². The van der Waals surface area contributed by atoms with Crippen LogP contribution >= 0.6 is 0 Å². The summed E-state index contributed by atoms with van der Waals surface area (Å²) in [6.45, 7) is 1.88. The molecule has 1 aromatic carbocycles. The minimum Gasteiger partial charge on any atom is -0.478 e. The van der Waals surface area contributed by atoms with Gasteiger partial charge in [-0.1, -0.05) is 0 Å². The molecule has 0 aliphatic heterocycles. The zero-order valence-corrected chi connectivity index (χ0v) is 10.6. The van der Waals surface area contributed by atoms with Gasteiger partial charge in [0.05, 0.1) is 6.61 Å². The van der Waals surface area contributed by atoms with Gasteiger partial charge in [-0.15, -0.1) is 0 Å². The number of nitrogens with zero attached hydrogens (tertiary/aromatic N) is 2. The van der Waals surface area contributed by atoms with E-state index in [1.807, 2.05) is 0 Å². The van der Waals surface area contributed by atoms with Crippen molar-refractivity contribution in [1.29, 1.82) is 0 Å². The number of benzene rings is 1. The van der Waals surface area contributed by atoms with Crippen molar-refractivity contribution in [2.75, 3.05) is 12.3 Å². The van der Waals surface area contributed by atoms with Gasteiger partial charge in [0.15, 0.2) is 11.5 Å². The van der Waals surface area contributed by atoms with E-state index >= 15 is 0 Å². The molecule has 0 bridgehead atoms. The Bertz CT molecular complexity index is 597. The molecule has 4 nitrogen and oxygen atoms in total. The van der Waals surface area contributed by atoms with Crippen LogP contribution < -0.4 is 10.5 Å². The molecule has 0 unspecified atom stereocenters. The molecule has 1 heterocycles. The quantitative estimate of drug-likeness (QED) is 0.879. The predicted molar refractivity (Wildman–Crippen MR) is 68.1 cm³/mol. The number of anilines is 1. The van der Waals surface area contributed by atoms with Crippen molar-refractivity contribution in [3.05, 3.63) is 36.0 Å². The molecule has 0 saturated heterocycles. The fraction of sp³-hybridized carbons (Fsp3) is 0.231. The lowest BCUT2D eigenvalue weighted by Gasteiger charge is -2.10. The first-order valence-corrected chi connectivity index (χ1v) is 5.85. The van der Waals surface area contributed by atoms with Gasteiger partial charge in [0.1, 0.15) is 0 Å². The average Bonchev–Trinajstić information content (AvgIpc) is 2.38. The Kier molecular flexibility index (Phi) is 3.78. The molecule has 7 heteroatoms. The van der Waals surface area contributed by atoms with Gasteiger partial charge >= 0.3 is 6.18 Å². The van der Waals surface area contributed by atoms with Crippen molar-refractivity contribution in [1.82, 2.24) is 9.97 Å². The third-order valence-electron chi connectivity index (χ3n) is 2.45. The molecule has 0 saturated carbocycles. The molecule has 0 aliphatic rings. The number of nitrogens with two attached hydrogens (primary N) is 1. The number of rotatable bonds is 3. The highest BCUT2D eigenvalue weighted by Crippen LogP contribution is 2.31. The molecule has 20 heavy (non-hydrogen) atoms. The first-order valence-electron chi connectivity index (χ1n) is 5.85. The molecule has 106 valence electrons. The van der Waals surface area contributed by atoms with Crippen LogP contribution in [-0.4, -0.2) is 16.6 Å². The van der Waals surface area contributed by atoms with Crippen molar-refractivity contribution in [2.45, 2.75) is 13.1 Å². The summed E-state index contributed by atoms with van der Waals surface area (Å²) < 4.78 is 43.5. The van der Waals surface area contributed by atoms with Crippen molar-refractivity contribution < 1.29 is 17.9 Å². The van der Waals surface area contributed by atoms with Gasteiger partial charge in [0.2, 0.25) is 5.88 Å². The highest BCUT2D eigenvalue weighted by atomic mass is 19.4. The number of aromatic nitrogens is 2. The fourth-order valence-corrected chi connectivity index (χ4v) is 1.55. The van der Waals surface area contributed by atoms with Crippen molar-refractivity contribution in [2.24, 2.45) is 0 Å². The van der Waals surface area contributed by atoms with Crippen LogP contribution in [0.1, 0.15) is 12.6 Å². The molecule has 2 aromatic rings. The molecule has 0 fully saturated rings. The topological polar surface area (TPSA) is 61.0 Å². The molecule has 0 radical (unpaired) electrons. The minimum atomic E-state index is -4.56. The van der Waals surface area contributed by atoms with Crippen LogP contribution in [0.4, 0.5) is 18.9 Å². The van der Waals surface area contributed by atoms with E-state index in [4.69, 9.17) is 10.5 Å². The molecule has 0 atom stereocenters. The van der Waals surface area contributed by atoms with Crippen molar-refractivity contribution in [3.63, 3.8) is 0 Å². The van der Waals surface area contributed by atoms with Gasteiger partial charge in [-0.3, -0.25) is 0 Å². The maximum atomic E-state index is 12.8. The standard InChI is InChI=1S/C13H12F3N3O/c1-2-20-11-7-10(13(14,15)16)18-12(19-11)8-3-5-9(17)6-4-8/h3-7H,2,17H2,1H3. The SMILES string of the molecule is CCOc1cc(C(F)(F)F)nc(-c2ccc(N)cc2)n1. The van der Waals surface area contributed by atoms with Gasteiger partial charge in [-0.2, -0.15) is 18.2 Å². The maximum Gasteiger partial charge on any atom is 0.433 e. The van der Waals surface area contributed by atoms with Crippen LogP contribution in [-0.2, 0) is 6.18 Å². The Labute approximate surface area is 113 Å². The Morgan fingerprint density at radius 2 is 1.80 bits per heavy atom. The lowest BCUT2D eigenvalue weighted by molar-refractivity contribution is -0.141. The van der Waals surface area contributed by atoms with Gasteiger partial charge < -0.3 is 10.5 Å². The lowest BCUT2D eigenvalue weighted by atomic mass is 10.2. The summed E-state index contributed by atoms with van der Waals surface area (Å²) in [6.07, 6.45) is -4.56. The van der Waals surface area contributed by atoms with Crippen LogP contribution in [0.2, 0.25) is 0 Å². The van der Waals surface area contributed by atoms with E-state index in [0.29, 0.717) is 11.3 Å². The zero-order valence-electron chi connectivity index (χ0n) is 10.6. The summed E-state index contributed by atoms with van der Waals surface area (Å²) >= 11 is 0. The third-order valence-corrected chi connectivity index (χ3v) is 2.45. The molecular formula is C13H12F3N3O. The summed E-state index contributed by atoms with van der Waals surface area (Å²) in [5, 5.41) is 0. The molecular weight excluding hydrogens is 271 g/mol. The highest BCUT2D eigenvalue weighted by molar-refractivity contribution is 5.59. The smallest absolute Gasteiger partial charge is 0.433 e. The number of ether oxygens (including phenoxy) is 1. The largest absolute Gasteiger partial charge is 0.478 e. The molecule has 0 amide bonds. The molecule has 0 spiro atoms. The van der Waals surface area contributed by atoms with Crippen LogP contribution in [0.25, 0.3) is 11.4 Å². The number of hydrogen-bond donors (Lipinski definition) is 1. The van der Waals surface area contributed by atoms with Crippen LogP contribution in [0.5, 0.6) is 5.88 Å². The van der Waals surface area contributed by atoms with Crippen LogP contribution in [0.3, 0.4) is 0 Å². The Morgan fingerprint density at radius 1 is 1.15 bits per heavy atom. The number of halogens is 3. The van der Waals surface area contributed by atoms with E-state index in [1.165, 1.54) is 0 Å². The minimum absolute atomic E-state index is 0.0525. The average molecular weight is 283 g/mol. The maximum absolute atomic E-state index is 12.8. The molecule has 2 rings (SSSR count). The second-order valence-electron chi connectivity index (χ2n) is 3.97. The van der Waals surface area contributed by atoms with Gasteiger partial charge in [0.25, 0.3) is 0 Å². The summed E-state index contributed by atoms with van der Waals surface area (Å²) in [5.74, 6) is -0.162. The monoisotopic (exact) mass is 283 g/mol. The molecule has 0 aliphatic carbocycles. The fourth-order valence-electron chi connectivity index (χ4n) is 1.55. The van der Waals surface area contributed by atoms with E-state index < -0.39 is 11.9 Å². The number of nitrogen functional groups attached to an aromatic ring is 1. The van der Waals surface area contributed by atoms with Gasteiger partial charge in [-0.25, -0.2) is 4.98 Å². The van der Waals surface area contributed by atoms with Crippen LogP contribution in [0.15, 0.2) is 30.3 Å². The Morgan fingerprint density at radius 3 is 2.35 bits per heavy atom. The van der Waals surface area contributed by atoms with Crippen molar-refractivity contribution in [3.8, 4) is 17.3 Å². The summed E-state index contributed by atoms with van der Waals surface area (Å²) in [6, 6.07) is 7.03. The number of alkyl halides is 3. The third kappa shape index (κ3) is 3.17. The zero-order chi connectivity index (χ0) is 14.8. The Hall–Kier alpha value is -2.31. The predicted octanol–water partition coefficient (Wildman–Crippen LogP) is 3.14. The number of hydrogen-bond acceptors (Lipinski definition) is 4. The summed E-state index contributed by atoms with van der Waals surface area (Å²) in [4.78, 5) is 7.49. The van der Waals surface area contributed by atoms with Gasteiger partial charge in [0, 0.05) is 17.3 Å². The van der Waals surface area contributed by atoms with E-state index in [1.54, 1.807) is 31.2 Å².